The minimum absolute atomic E-state index is 0.121. The van der Waals surface area contributed by atoms with E-state index in [1.165, 1.54) is 11.3 Å². The zero-order valence-corrected chi connectivity index (χ0v) is 12.1. The van der Waals surface area contributed by atoms with Crippen LogP contribution >= 0.6 is 11.3 Å². The maximum atomic E-state index is 12.0. The van der Waals surface area contributed by atoms with Gasteiger partial charge in [0.05, 0.1) is 11.7 Å². The first kappa shape index (κ1) is 15.9. The third kappa shape index (κ3) is 5.18. The molecule has 19 heavy (non-hydrogen) atoms. The van der Waals surface area contributed by atoms with Gasteiger partial charge in [-0.15, -0.1) is 11.3 Å². The number of carbonyl (C=O) groups excluding carboxylic acids is 1. The van der Waals surface area contributed by atoms with Gasteiger partial charge in [0.1, 0.15) is 11.4 Å². The molecule has 0 aromatic carbocycles. The summed E-state index contributed by atoms with van der Waals surface area (Å²) in [5.41, 5.74) is 0.745. The van der Waals surface area contributed by atoms with Crippen molar-refractivity contribution in [1.82, 2.24) is 10.3 Å². The summed E-state index contributed by atoms with van der Waals surface area (Å²) < 4.78 is 36.1. The molecule has 7 heteroatoms. The molecule has 0 saturated carbocycles. The largest absolute Gasteiger partial charge is 0.397 e. The van der Waals surface area contributed by atoms with Crippen LogP contribution in [0.5, 0.6) is 0 Å². The Hall–Kier alpha value is -1.11. The first-order valence-corrected chi connectivity index (χ1v) is 6.69. The number of carbonyl (C=O) groups is 1. The zero-order valence-electron chi connectivity index (χ0n) is 11.3. The number of nitrogens with zero attached hydrogens (tertiary/aromatic N) is 1. The zero-order chi connectivity index (χ0) is 14.8. The summed E-state index contributed by atoms with van der Waals surface area (Å²) in [7, 11) is 0. The van der Waals surface area contributed by atoms with Gasteiger partial charge in [-0.3, -0.25) is 4.79 Å². The summed E-state index contributed by atoms with van der Waals surface area (Å²) in [5, 5.41) is 4.78. The molecule has 1 N–H and O–H groups in total. The van der Waals surface area contributed by atoms with Gasteiger partial charge in [-0.1, -0.05) is 20.8 Å². The molecule has 0 radical (unpaired) electrons. The summed E-state index contributed by atoms with van der Waals surface area (Å²) in [6.07, 6.45) is -5.95. The quantitative estimate of drug-likeness (QED) is 0.926. The van der Waals surface area contributed by atoms with E-state index in [-0.39, 0.29) is 5.41 Å². The predicted molar refractivity (Wildman–Crippen MR) is 68.0 cm³/mol. The molecular formula is C12H17F3N2OS. The minimum atomic E-state index is -4.48. The molecule has 0 spiro atoms. The Balaban J connectivity index is 2.66. The number of hydrogen-bond donors (Lipinski definition) is 1. The molecule has 1 unspecified atom stereocenters. The van der Waals surface area contributed by atoms with Crippen molar-refractivity contribution in [3.63, 3.8) is 0 Å². The van der Waals surface area contributed by atoms with Gasteiger partial charge in [-0.2, -0.15) is 13.2 Å². The van der Waals surface area contributed by atoms with Crippen LogP contribution in [0.3, 0.4) is 0 Å². The van der Waals surface area contributed by atoms with Crippen molar-refractivity contribution in [1.29, 1.82) is 0 Å². The van der Waals surface area contributed by atoms with Crippen LogP contribution in [0.4, 0.5) is 13.2 Å². The highest BCUT2D eigenvalue weighted by molar-refractivity contribution is 7.09. The Morgan fingerprint density at radius 3 is 2.42 bits per heavy atom. The van der Waals surface area contributed by atoms with Crippen LogP contribution in [0, 0.1) is 0 Å². The van der Waals surface area contributed by atoms with Gasteiger partial charge < -0.3 is 5.32 Å². The van der Waals surface area contributed by atoms with Gasteiger partial charge in [0, 0.05) is 10.8 Å². The molecule has 0 aliphatic carbocycles. The fourth-order valence-corrected chi connectivity index (χ4v) is 2.42. The predicted octanol–water partition coefficient (Wildman–Crippen LogP) is 3.57. The van der Waals surface area contributed by atoms with Gasteiger partial charge in [-0.05, 0) is 6.92 Å². The lowest BCUT2D eigenvalue weighted by molar-refractivity contribution is -0.154. The molecule has 1 aromatic rings. The highest BCUT2D eigenvalue weighted by Gasteiger charge is 2.32. The highest BCUT2D eigenvalue weighted by Crippen LogP contribution is 2.27. The monoisotopic (exact) mass is 294 g/mol. The Kier molecular flexibility index (Phi) is 4.60. The van der Waals surface area contributed by atoms with Crippen molar-refractivity contribution >= 4 is 17.2 Å². The van der Waals surface area contributed by atoms with Crippen LogP contribution in [0.1, 0.15) is 50.9 Å². The van der Waals surface area contributed by atoms with Crippen LogP contribution < -0.4 is 5.32 Å². The van der Waals surface area contributed by atoms with Gasteiger partial charge in [0.25, 0.3) is 0 Å². The molecular weight excluding hydrogens is 277 g/mol. The Morgan fingerprint density at radius 1 is 1.42 bits per heavy atom. The summed E-state index contributed by atoms with van der Waals surface area (Å²) in [6.45, 7) is 7.62. The van der Waals surface area contributed by atoms with E-state index in [0.29, 0.717) is 5.01 Å². The lowest BCUT2D eigenvalue weighted by Gasteiger charge is -2.15. The molecule has 1 aromatic heterocycles. The van der Waals surface area contributed by atoms with Crippen LogP contribution in [-0.4, -0.2) is 17.1 Å². The van der Waals surface area contributed by atoms with Crippen LogP contribution in [0.25, 0.3) is 0 Å². The third-order valence-electron chi connectivity index (χ3n) is 2.40. The number of alkyl halides is 3. The van der Waals surface area contributed by atoms with Crippen molar-refractivity contribution in [3.8, 4) is 0 Å². The van der Waals surface area contributed by atoms with Crippen molar-refractivity contribution in [2.75, 3.05) is 0 Å². The molecule has 0 aliphatic rings. The molecule has 0 bridgehead atoms. The average molecular weight is 294 g/mol. The van der Waals surface area contributed by atoms with E-state index in [0.717, 1.165) is 5.69 Å². The minimum Gasteiger partial charge on any atom is -0.347 e. The second kappa shape index (κ2) is 5.48. The second-order valence-electron chi connectivity index (χ2n) is 5.40. The first-order chi connectivity index (χ1) is 8.49. The molecule has 1 atom stereocenters. The van der Waals surface area contributed by atoms with E-state index in [9.17, 15) is 18.0 Å². The lowest BCUT2D eigenvalue weighted by atomic mass is 9.93. The lowest BCUT2D eigenvalue weighted by Crippen LogP contribution is -2.30. The standard InChI is InChI=1S/C12H17F3N2OS/c1-7(16-9(18)5-12(13,14)15)10-17-8(6-19-10)11(2,3)4/h6-7H,5H2,1-4H3,(H,16,18). The normalized spacial score (nSPS) is 14.3. The number of amides is 1. The average Bonchev–Trinajstić information content (AvgIpc) is 2.61. The topological polar surface area (TPSA) is 42.0 Å². The van der Waals surface area contributed by atoms with Gasteiger partial charge in [0.2, 0.25) is 5.91 Å². The molecule has 1 heterocycles. The number of hydrogen-bond acceptors (Lipinski definition) is 3. The van der Waals surface area contributed by atoms with Crippen molar-refractivity contribution in [2.24, 2.45) is 0 Å². The van der Waals surface area contributed by atoms with E-state index >= 15 is 0 Å². The van der Waals surface area contributed by atoms with Crippen molar-refractivity contribution in [2.45, 2.75) is 51.7 Å². The molecule has 0 fully saturated rings. The summed E-state index contributed by atoms with van der Waals surface area (Å²) in [4.78, 5) is 15.5. The number of halogens is 3. The highest BCUT2D eigenvalue weighted by atomic mass is 32.1. The van der Waals surface area contributed by atoms with Crippen molar-refractivity contribution in [3.05, 3.63) is 16.1 Å². The van der Waals surface area contributed by atoms with Crippen molar-refractivity contribution < 1.29 is 18.0 Å². The van der Waals surface area contributed by atoms with Crippen LogP contribution in [0.2, 0.25) is 0 Å². The number of aromatic nitrogens is 1. The second-order valence-corrected chi connectivity index (χ2v) is 6.29. The fraction of sp³-hybridized carbons (Fsp3) is 0.667. The number of rotatable bonds is 3. The Bertz CT molecular complexity index is 449. The molecule has 0 saturated heterocycles. The van der Waals surface area contributed by atoms with E-state index < -0.39 is 24.5 Å². The Labute approximate surface area is 114 Å². The maximum Gasteiger partial charge on any atom is 0.397 e. The molecule has 1 amide bonds. The maximum absolute atomic E-state index is 12.0. The van der Waals surface area contributed by atoms with E-state index in [1.807, 2.05) is 26.2 Å². The van der Waals surface area contributed by atoms with Gasteiger partial charge in [0.15, 0.2) is 0 Å². The van der Waals surface area contributed by atoms with Gasteiger partial charge in [-0.25, -0.2) is 4.98 Å². The first-order valence-electron chi connectivity index (χ1n) is 5.81. The Morgan fingerprint density at radius 2 is 2.00 bits per heavy atom. The van der Waals surface area contributed by atoms with E-state index in [1.54, 1.807) is 6.92 Å². The molecule has 108 valence electrons. The SMILES string of the molecule is CC(NC(=O)CC(F)(F)F)c1nc(C(C)(C)C)cs1. The van der Waals surface area contributed by atoms with E-state index in [2.05, 4.69) is 10.3 Å². The summed E-state index contributed by atoms with van der Waals surface area (Å²) >= 11 is 1.34. The fourth-order valence-electron chi connectivity index (χ4n) is 1.37. The number of nitrogens with one attached hydrogen (secondary N) is 1. The summed E-state index contributed by atoms with van der Waals surface area (Å²) in [6, 6.07) is -0.518. The van der Waals surface area contributed by atoms with Crippen LogP contribution in [0.15, 0.2) is 5.38 Å². The third-order valence-corrected chi connectivity index (χ3v) is 3.43. The van der Waals surface area contributed by atoms with Gasteiger partial charge >= 0.3 is 6.18 Å². The number of thiazole rings is 1. The molecule has 3 nitrogen and oxygen atoms in total. The smallest absolute Gasteiger partial charge is 0.347 e. The van der Waals surface area contributed by atoms with E-state index in [4.69, 9.17) is 0 Å². The molecule has 0 aliphatic heterocycles. The summed E-state index contributed by atoms with van der Waals surface area (Å²) in [5.74, 6) is -1.03. The molecule has 1 rings (SSSR count). The van der Waals surface area contributed by atoms with Crippen LogP contribution in [-0.2, 0) is 10.2 Å².